The van der Waals surface area contributed by atoms with Gasteiger partial charge < -0.3 is 14.7 Å². The summed E-state index contributed by atoms with van der Waals surface area (Å²) >= 11 is 0. The number of halogens is 1. The van der Waals surface area contributed by atoms with E-state index in [1.54, 1.807) is 7.05 Å². The molecule has 1 aliphatic carbocycles. The van der Waals surface area contributed by atoms with Crippen molar-refractivity contribution >= 4 is 12.1 Å². The molecule has 1 atom stereocenters. The number of hydrogen-bond donors (Lipinski definition) is 1. The number of rotatable bonds is 5. The fourth-order valence-electron chi connectivity index (χ4n) is 2.95. The highest BCUT2D eigenvalue weighted by atomic mass is 19.1. The number of carboxylic acid groups (broad SMARTS) is 1. The summed E-state index contributed by atoms with van der Waals surface area (Å²) in [5, 5.41) is 8.72. The fourth-order valence-corrected chi connectivity index (χ4v) is 2.95. The predicted molar refractivity (Wildman–Crippen MR) is 82.7 cm³/mol. The first kappa shape index (κ1) is 17.2. The first-order valence-corrected chi connectivity index (χ1v) is 7.79. The predicted octanol–water partition coefficient (Wildman–Crippen LogP) is 3.24. The highest BCUT2D eigenvalue weighted by Gasteiger charge is 2.34. The number of ether oxygens (including phenoxy) is 1. The molecular formula is C17H22FNO4. The summed E-state index contributed by atoms with van der Waals surface area (Å²) in [7, 11) is 1.67. The van der Waals surface area contributed by atoms with Crippen LogP contribution < -0.4 is 0 Å². The van der Waals surface area contributed by atoms with E-state index in [1.807, 2.05) is 30.3 Å². The van der Waals surface area contributed by atoms with Gasteiger partial charge in [-0.25, -0.2) is 14.0 Å². The van der Waals surface area contributed by atoms with Gasteiger partial charge in [0.05, 0.1) is 0 Å². The number of alkyl halides is 1. The van der Waals surface area contributed by atoms with Crippen molar-refractivity contribution in [3.8, 4) is 0 Å². The smallest absolute Gasteiger partial charge is 0.410 e. The molecule has 1 aliphatic rings. The van der Waals surface area contributed by atoms with Gasteiger partial charge in [-0.05, 0) is 31.2 Å². The zero-order valence-corrected chi connectivity index (χ0v) is 13.2. The molecule has 0 spiro atoms. The summed E-state index contributed by atoms with van der Waals surface area (Å²) in [5.41, 5.74) is 0.916. The van der Waals surface area contributed by atoms with Crippen molar-refractivity contribution in [2.24, 2.45) is 5.92 Å². The van der Waals surface area contributed by atoms with Gasteiger partial charge in [0.25, 0.3) is 0 Å². The molecule has 1 aromatic rings. The second-order valence-electron chi connectivity index (χ2n) is 5.96. The molecule has 1 unspecified atom stereocenters. The standard InChI is InChI=1S/C17H22FNO4/c1-19(17(22)23-11-12-5-3-2-4-6-12)14-9-7-13(8-10-14)15(18)16(20)21/h2-6,13-15H,7-11H2,1H3,(H,20,21)/t13-,14-,15?. The van der Waals surface area contributed by atoms with Crippen LogP contribution in [0.15, 0.2) is 30.3 Å². The number of carbonyl (C=O) groups excluding carboxylic acids is 1. The van der Waals surface area contributed by atoms with Crippen LogP contribution in [0.2, 0.25) is 0 Å². The molecule has 1 amide bonds. The van der Waals surface area contributed by atoms with Crippen LogP contribution in [0.25, 0.3) is 0 Å². The Hall–Kier alpha value is -2.11. The van der Waals surface area contributed by atoms with Crippen molar-refractivity contribution in [2.45, 2.75) is 44.5 Å². The molecule has 1 saturated carbocycles. The van der Waals surface area contributed by atoms with Crippen LogP contribution >= 0.6 is 0 Å². The van der Waals surface area contributed by atoms with Gasteiger partial charge in [-0.3, -0.25) is 0 Å². The molecule has 6 heteroatoms. The molecule has 0 saturated heterocycles. The molecular weight excluding hydrogens is 301 g/mol. The molecule has 126 valence electrons. The van der Waals surface area contributed by atoms with Crippen molar-refractivity contribution in [1.29, 1.82) is 0 Å². The maximum atomic E-state index is 13.5. The lowest BCUT2D eigenvalue weighted by molar-refractivity contribution is -0.145. The van der Waals surface area contributed by atoms with E-state index in [1.165, 1.54) is 4.90 Å². The minimum absolute atomic E-state index is 0.0319. The van der Waals surface area contributed by atoms with E-state index in [0.29, 0.717) is 25.7 Å². The van der Waals surface area contributed by atoms with Crippen LogP contribution in [0.5, 0.6) is 0 Å². The topological polar surface area (TPSA) is 66.8 Å². The zero-order chi connectivity index (χ0) is 16.8. The SMILES string of the molecule is CN(C(=O)OCc1ccccc1)[C@H]1CC[C@H](C(F)C(=O)O)CC1. The Bertz CT molecular complexity index is 529. The van der Waals surface area contributed by atoms with Crippen molar-refractivity contribution in [3.05, 3.63) is 35.9 Å². The number of benzene rings is 1. The molecule has 1 aromatic carbocycles. The summed E-state index contributed by atoms with van der Waals surface area (Å²) in [6.45, 7) is 0.213. The maximum Gasteiger partial charge on any atom is 0.410 e. The average Bonchev–Trinajstić information content (AvgIpc) is 2.59. The third-order valence-electron chi connectivity index (χ3n) is 4.43. The normalized spacial score (nSPS) is 22.2. The van der Waals surface area contributed by atoms with Crippen molar-refractivity contribution in [3.63, 3.8) is 0 Å². The van der Waals surface area contributed by atoms with Gasteiger partial charge in [-0.2, -0.15) is 0 Å². The minimum atomic E-state index is -1.81. The van der Waals surface area contributed by atoms with Crippen LogP contribution in [0, 0.1) is 5.92 Å². The van der Waals surface area contributed by atoms with E-state index in [2.05, 4.69) is 0 Å². The van der Waals surface area contributed by atoms with Crippen LogP contribution in [0.1, 0.15) is 31.2 Å². The highest BCUT2D eigenvalue weighted by Crippen LogP contribution is 2.31. The molecule has 0 radical (unpaired) electrons. The van der Waals surface area contributed by atoms with E-state index in [4.69, 9.17) is 9.84 Å². The third kappa shape index (κ3) is 4.68. The summed E-state index contributed by atoms with van der Waals surface area (Å²) in [5.74, 6) is -1.86. The molecule has 0 aliphatic heterocycles. The van der Waals surface area contributed by atoms with E-state index < -0.39 is 24.2 Å². The number of carbonyl (C=O) groups is 2. The third-order valence-corrected chi connectivity index (χ3v) is 4.43. The molecule has 0 heterocycles. The molecule has 1 fully saturated rings. The van der Waals surface area contributed by atoms with E-state index >= 15 is 0 Å². The Morgan fingerprint density at radius 1 is 1.26 bits per heavy atom. The fraction of sp³-hybridized carbons (Fsp3) is 0.529. The highest BCUT2D eigenvalue weighted by molar-refractivity contribution is 5.72. The van der Waals surface area contributed by atoms with Crippen molar-refractivity contribution in [2.75, 3.05) is 7.05 Å². The quantitative estimate of drug-likeness (QED) is 0.903. The van der Waals surface area contributed by atoms with Crippen molar-refractivity contribution < 1.29 is 23.8 Å². The molecule has 1 N–H and O–H groups in total. The van der Waals surface area contributed by atoms with Crippen molar-refractivity contribution in [1.82, 2.24) is 4.90 Å². The van der Waals surface area contributed by atoms with E-state index in [0.717, 1.165) is 5.56 Å². The Morgan fingerprint density at radius 2 is 1.87 bits per heavy atom. The Labute approximate surface area is 135 Å². The van der Waals surface area contributed by atoms with Crippen LogP contribution in [-0.4, -0.2) is 41.3 Å². The van der Waals surface area contributed by atoms with Gasteiger partial charge in [-0.15, -0.1) is 0 Å². The number of aliphatic carboxylic acids is 1. The van der Waals surface area contributed by atoms with Gasteiger partial charge in [-0.1, -0.05) is 30.3 Å². The van der Waals surface area contributed by atoms with Gasteiger partial charge in [0, 0.05) is 19.0 Å². The average molecular weight is 323 g/mol. The Morgan fingerprint density at radius 3 is 2.43 bits per heavy atom. The lowest BCUT2D eigenvalue weighted by atomic mass is 9.83. The summed E-state index contributed by atoms with van der Waals surface area (Å²) < 4.78 is 18.8. The Kier molecular flexibility index (Phi) is 5.96. The van der Waals surface area contributed by atoms with Gasteiger partial charge in [0.15, 0.2) is 6.17 Å². The monoisotopic (exact) mass is 323 g/mol. The van der Waals surface area contributed by atoms with Gasteiger partial charge in [0.2, 0.25) is 0 Å². The summed E-state index contributed by atoms with van der Waals surface area (Å²) in [6, 6.07) is 9.38. The van der Waals surface area contributed by atoms with Crippen LogP contribution in [-0.2, 0) is 16.1 Å². The lowest BCUT2D eigenvalue weighted by Crippen LogP contribution is -2.41. The second-order valence-corrected chi connectivity index (χ2v) is 5.96. The number of hydrogen-bond acceptors (Lipinski definition) is 3. The van der Waals surface area contributed by atoms with E-state index in [9.17, 15) is 14.0 Å². The molecule has 0 bridgehead atoms. The van der Waals surface area contributed by atoms with E-state index in [-0.39, 0.29) is 12.6 Å². The minimum Gasteiger partial charge on any atom is -0.479 e. The first-order chi connectivity index (χ1) is 11.0. The number of carboxylic acids is 1. The maximum absolute atomic E-state index is 13.5. The number of nitrogens with zero attached hydrogens (tertiary/aromatic N) is 1. The number of amides is 1. The largest absolute Gasteiger partial charge is 0.479 e. The summed E-state index contributed by atoms with van der Waals surface area (Å²) in [4.78, 5) is 24.3. The molecule has 2 rings (SSSR count). The van der Waals surface area contributed by atoms with Crippen LogP contribution in [0.3, 0.4) is 0 Å². The van der Waals surface area contributed by atoms with Crippen LogP contribution in [0.4, 0.5) is 9.18 Å². The summed E-state index contributed by atoms with van der Waals surface area (Å²) in [6.07, 6.45) is -0.105. The van der Waals surface area contributed by atoms with Gasteiger partial charge in [0.1, 0.15) is 6.61 Å². The molecule has 23 heavy (non-hydrogen) atoms. The second kappa shape index (κ2) is 7.94. The van der Waals surface area contributed by atoms with Gasteiger partial charge >= 0.3 is 12.1 Å². The first-order valence-electron chi connectivity index (χ1n) is 7.79. The molecule has 5 nitrogen and oxygen atoms in total. The lowest BCUT2D eigenvalue weighted by Gasteiger charge is -2.34. The Balaban J connectivity index is 1.78. The molecule has 0 aromatic heterocycles. The zero-order valence-electron chi connectivity index (χ0n) is 13.2.